The standard InChI is InChI=1S/C13H15NO4/c1-9(15)12(13(17)18)14-11(16)8-7-10-5-3-2-4-6-10/h2-9,12,15H,1H3,(H,14,16)(H,17,18)/b8-7+/t9?,12-/m0/s1. The Morgan fingerprint density at radius 1 is 1.28 bits per heavy atom. The fourth-order valence-corrected chi connectivity index (χ4v) is 1.33. The number of carbonyl (C=O) groups is 2. The maximum atomic E-state index is 11.5. The van der Waals surface area contributed by atoms with Crippen LogP contribution in [-0.4, -0.2) is 34.2 Å². The summed E-state index contributed by atoms with van der Waals surface area (Å²) < 4.78 is 0. The second kappa shape index (κ2) is 6.56. The summed E-state index contributed by atoms with van der Waals surface area (Å²) in [5, 5.41) is 20.2. The van der Waals surface area contributed by atoms with Gasteiger partial charge in [0, 0.05) is 6.08 Å². The van der Waals surface area contributed by atoms with Crippen molar-refractivity contribution >= 4 is 18.0 Å². The van der Waals surface area contributed by atoms with Crippen LogP contribution in [0, 0.1) is 0 Å². The van der Waals surface area contributed by atoms with Crippen molar-refractivity contribution in [3.8, 4) is 0 Å². The zero-order chi connectivity index (χ0) is 13.5. The van der Waals surface area contributed by atoms with Crippen LogP contribution in [0.3, 0.4) is 0 Å². The van der Waals surface area contributed by atoms with Gasteiger partial charge in [0.05, 0.1) is 6.10 Å². The number of rotatable bonds is 5. The average Bonchev–Trinajstić information content (AvgIpc) is 2.34. The second-order valence-corrected chi connectivity index (χ2v) is 3.81. The summed E-state index contributed by atoms with van der Waals surface area (Å²) in [6, 6.07) is 7.82. The van der Waals surface area contributed by atoms with Gasteiger partial charge >= 0.3 is 5.97 Å². The van der Waals surface area contributed by atoms with Crippen LogP contribution in [0.25, 0.3) is 6.08 Å². The molecular formula is C13H15NO4. The zero-order valence-corrected chi connectivity index (χ0v) is 9.91. The van der Waals surface area contributed by atoms with Crippen LogP contribution in [0.4, 0.5) is 0 Å². The molecule has 0 aromatic heterocycles. The first kappa shape index (κ1) is 13.9. The number of aliphatic hydroxyl groups excluding tert-OH is 1. The number of nitrogens with one attached hydrogen (secondary N) is 1. The highest BCUT2D eigenvalue weighted by molar-refractivity contribution is 5.94. The molecule has 5 nitrogen and oxygen atoms in total. The summed E-state index contributed by atoms with van der Waals surface area (Å²) in [7, 11) is 0. The van der Waals surface area contributed by atoms with Crippen molar-refractivity contribution < 1.29 is 19.8 Å². The van der Waals surface area contributed by atoms with Crippen molar-refractivity contribution in [3.05, 3.63) is 42.0 Å². The molecule has 0 bridgehead atoms. The minimum absolute atomic E-state index is 0.563. The lowest BCUT2D eigenvalue weighted by molar-refractivity contribution is -0.144. The highest BCUT2D eigenvalue weighted by Gasteiger charge is 2.23. The minimum atomic E-state index is -1.31. The third kappa shape index (κ3) is 4.39. The van der Waals surface area contributed by atoms with Crippen LogP contribution in [0.5, 0.6) is 0 Å². The summed E-state index contributed by atoms with van der Waals surface area (Å²) in [4.78, 5) is 22.2. The minimum Gasteiger partial charge on any atom is -0.480 e. The van der Waals surface area contributed by atoms with Crippen molar-refractivity contribution in [1.82, 2.24) is 5.32 Å². The molecule has 5 heteroatoms. The lowest BCUT2D eigenvalue weighted by Gasteiger charge is -2.15. The maximum absolute atomic E-state index is 11.5. The van der Waals surface area contributed by atoms with E-state index >= 15 is 0 Å². The van der Waals surface area contributed by atoms with Gasteiger partial charge in [-0.25, -0.2) is 4.79 Å². The molecule has 0 heterocycles. The molecule has 0 fully saturated rings. The Bertz CT molecular complexity index is 440. The molecule has 1 aromatic carbocycles. The van der Waals surface area contributed by atoms with E-state index in [2.05, 4.69) is 5.32 Å². The smallest absolute Gasteiger partial charge is 0.328 e. The number of hydrogen-bond donors (Lipinski definition) is 3. The predicted molar refractivity (Wildman–Crippen MR) is 66.7 cm³/mol. The fourth-order valence-electron chi connectivity index (χ4n) is 1.33. The van der Waals surface area contributed by atoms with Crippen molar-refractivity contribution in [2.24, 2.45) is 0 Å². The Kier molecular flexibility index (Phi) is 5.07. The monoisotopic (exact) mass is 249 g/mol. The van der Waals surface area contributed by atoms with Gasteiger partial charge in [-0.2, -0.15) is 0 Å². The van der Waals surface area contributed by atoms with E-state index in [1.165, 1.54) is 13.0 Å². The zero-order valence-electron chi connectivity index (χ0n) is 9.91. The van der Waals surface area contributed by atoms with Gasteiger partial charge in [-0.3, -0.25) is 4.79 Å². The lowest BCUT2D eigenvalue weighted by Crippen LogP contribution is -2.47. The number of carboxylic acid groups (broad SMARTS) is 1. The van der Waals surface area contributed by atoms with E-state index in [1.54, 1.807) is 6.08 Å². The van der Waals surface area contributed by atoms with Gasteiger partial charge < -0.3 is 15.5 Å². The molecule has 0 spiro atoms. The highest BCUT2D eigenvalue weighted by atomic mass is 16.4. The van der Waals surface area contributed by atoms with Gasteiger partial charge in [0.2, 0.25) is 5.91 Å². The van der Waals surface area contributed by atoms with E-state index in [0.717, 1.165) is 5.56 Å². The van der Waals surface area contributed by atoms with Crippen LogP contribution in [0.15, 0.2) is 36.4 Å². The molecule has 0 aliphatic carbocycles. The van der Waals surface area contributed by atoms with Crippen molar-refractivity contribution in [3.63, 3.8) is 0 Å². The summed E-state index contributed by atoms with van der Waals surface area (Å²) >= 11 is 0. The Hall–Kier alpha value is -2.14. The first-order valence-electron chi connectivity index (χ1n) is 5.45. The largest absolute Gasteiger partial charge is 0.480 e. The maximum Gasteiger partial charge on any atom is 0.328 e. The van der Waals surface area contributed by atoms with Gasteiger partial charge in [0.25, 0.3) is 0 Å². The molecule has 0 aliphatic heterocycles. The average molecular weight is 249 g/mol. The molecule has 2 atom stereocenters. The predicted octanol–water partition coefficient (Wildman–Crippen LogP) is 0.650. The van der Waals surface area contributed by atoms with Crippen molar-refractivity contribution in [1.29, 1.82) is 0 Å². The Balaban J connectivity index is 2.61. The Morgan fingerprint density at radius 2 is 1.89 bits per heavy atom. The number of carboxylic acids is 1. The molecule has 0 saturated heterocycles. The molecule has 1 amide bonds. The second-order valence-electron chi connectivity index (χ2n) is 3.81. The van der Waals surface area contributed by atoms with Crippen LogP contribution < -0.4 is 5.32 Å². The van der Waals surface area contributed by atoms with Gasteiger partial charge in [0.15, 0.2) is 6.04 Å². The van der Waals surface area contributed by atoms with E-state index < -0.39 is 24.0 Å². The van der Waals surface area contributed by atoms with Gasteiger partial charge in [-0.05, 0) is 18.6 Å². The molecular weight excluding hydrogens is 234 g/mol. The third-order valence-electron chi connectivity index (χ3n) is 2.27. The first-order valence-corrected chi connectivity index (χ1v) is 5.45. The lowest BCUT2D eigenvalue weighted by atomic mass is 10.2. The molecule has 96 valence electrons. The normalized spacial score (nSPS) is 14.1. The fraction of sp³-hybridized carbons (Fsp3) is 0.231. The number of aliphatic hydroxyl groups is 1. The molecule has 0 radical (unpaired) electrons. The topological polar surface area (TPSA) is 86.6 Å². The quantitative estimate of drug-likeness (QED) is 0.669. The SMILES string of the molecule is CC(O)[C@H](NC(=O)/C=C/c1ccccc1)C(=O)O. The summed E-state index contributed by atoms with van der Waals surface area (Å²) in [6.07, 6.45) is 1.64. The number of aliphatic carboxylic acids is 1. The number of benzene rings is 1. The van der Waals surface area contributed by atoms with E-state index in [0.29, 0.717) is 0 Å². The third-order valence-corrected chi connectivity index (χ3v) is 2.27. The van der Waals surface area contributed by atoms with Crippen molar-refractivity contribution in [2.45, 2.75) is 19.1 Å². The van der Waals surface area contributed by atoms with Gasteiger partial charge in [0.1, 0.15) is 0 Å². The van der Waals surface area contributed by atoms with Crippen molar-refractivity contribution in [2.75, 3.05) is 0 Å². The summed E-state index contributed by atoms with van der Waals surface area (Å²) in [5.74, 6) is -1.83. The molecule has 0 saturated carbocycles. The molecule has 1 rings (SSSR count). The first-order chi connectivity index (χ1) is 8.50. The van der Waals surface area contributed by atoms with Crippen LogP contribution in [0.2, 0.25) is 0 Å². The summed E-state index contributed by atoms with van der Waals surface area (Å²) in [5.41, 5.74) is 0.830. The number of carbonyl (C=O) groups excluding carboxylic acids is 1. The van der Waals surface area contributed by atoms with Crippen LogP contribution >= 0.6 is 0 Å². The number of hydrogen-bond acceptors (Lipinski definition) is 3. The highest BCUT2D eigenvalue weighted by Crippen LogP contribution is 2.01. The van der Waals surface area contributed by atoms with Gasteiger partial charge in [-0.1, -0.05) is 30.3 Å². The van der Waals surface area contributed by atoms with Gasteiger partial charge in [-0.15, -0.1) is 0 Å². The van der Waals surface area contributed by atoms with Crippen LogP contribution in [0.1, 0.15) is 12.5 Å². The molecule has 18 heavy (non-hydrogen) atoms. The summed E-state index contributed by atoms with van der Waals surface area (Å²) in [6.45, 7) is 1.31. The van der Waals surface area contributed by atoms with E-state index in [1.807, 2.05) is 30.3 Å². The molecule has 3 N–H and O–H groups in total. The van der Waals surface area contributed by atoms with E-state index in [-0.39, 0.29) is 0 Å². The Morgan fingerprint density at radius 3 is 2.39 bits per heavy atom. The molecule has 0 aliphatic rings. The Labute approximate surface area is 105 Å². The van der Waals surface area contributed by atoms with E-state index in [4.69, 9.17) is 5.11 Å². The molecule has 1 aromatic rings. The number of amides is 1. The van der Waals surface area contributed by atoms with Crippen LogP contribution in [-0.2, 0) is 9.59 Å². The molecule has 1 unspecified atom stereocenters. The van der Waals surface area contributed by atoms with E-state index in [9.17, 15) is 14.7 Å².